The van der Waals surface area contributed by atoms with Crippen molar-refractivity contribution >= 4 is 58.5 Å². The van der Waals surface area contributed by atoms with Gasteiger partial charge in [0.25, 0.3) is 0 Å². The molecule has 0 amide bonds. The molecular weight excluding hydrogens is 511 g/mol. The Morgan fingerprint density at radius 3 is 2.24 bits per heavy atom. The second kappa shape index (κ2) is 14.1. The number of aliphatic carboxylic acids is 2. The minimum Gasteiger partial charge on any atom is -0.473 e. The van der Waals surface area contributed by atoms with E-state index in [1.807, 2.05) is 46.8 Å². The van der Waals surface area contributed by atoms with Crippen molar-refractivity contribution in [1.29, 1.82) is 0 Å². The maximum atomic E-state index is 9.10. The molecule has 0 radical (unpaired) electrons. The third kappa shape index (κ3) is 10.5. The van der Waals surface area contributed by atoms with E-state index < -0.39 is 11.9 Å². The molecule has 0 aliphatic carbocycles. The van der Waals surface area contributed by atoms with Gasteiger partial charge in [-0.05, 0) is 35.4 Å². The molecule has 1 unspecified atom stereocenters. The third-order valence-corrected chi connectivity index (χ3v) is 6.25. The van der Waals surface area contributed by atoms with E-state index in [4.69, 9.17) is 59.3 Å². The lowest BCUT2D eigenvalue weighted by atomic mass is 10.2. The van der Waals surface area contributed by atoms with Crippen LogP contribution in [0.3, 0.4) is 0 Å². The Morgan fingerprint density at radius 1 is 1.00 bits per heavy atom. The van der Waals surface area contributed by atoms with Crippen LogP contribution < -0.4 is 0 Å². The standard InChI is InChI=1S/C20H19Cl3N2OS.C2H2O4/c21-17-4-1-15(2-5-17)12-27-13-18(10-25-8-7-24-14-25)26-11-16-3-6-19(22)20(23)9-16;3-1(4)2(5)6/h1-9,14,18H,10-13H2;(H,3,4)(H,5,6). The summed E-state index contributed by atoms with van der Waals surface area (Å²) in [6, 6.07) is 13.5. The number of benzene rings is 2. The number of halogens is 3. The number of ether oxygens (including phenoxy) is 1. The lowest BCUT2D eigenvalue weighted by Crippen LogP contribution is -2.22. The molecule has 0 bridgehead atoms. The van der Waals surface area contributed by atoms with Crippen LogP contribution in [0.15, 0.2) is 61.2 Å². The first-order chi connectivity index (χ1) is 15.7. The monoisotopic (exact) mass is 530 g/mol. The average molecular weight is 532 g/mol. The number of carboxylic acids is 2. The second-order valence-electron chi connectivity index (χ2n) is 6.69. The number of carboxylic acid groups (broad SMARTS) is 2. The fourth-order valence-electron chi connectivity index (χ4n) is 2.52. The smallest absolute Gasteiger partial charge is 0.414 e. The Kier molecular flexibility index (Phi) is 11.6. The summed E-state index contributed by atoms with van der Waals surface area (Å²) in [6.45, 7) is 1.23. The second-order valence-corrected chi connectivity index (χ2v) is 8.97. The van der Waals surface area contributed by atoms with Gasteiger partial charge < -0.3 is 19.5 Å². The molecule has 7 nitrogen and oxygen atoms in total. The van der Waals surface area contributed by atoms with Gasteiger partial charge in [0, 0.05) is 28.9 Å². The van der Waals surface area contributed by atoms with Gasteiger partial charge in [-0.2, -0.15) is 11.8 Å². The van der Waals surface area contributed by atoms with E-state index in [0.29, 0.717) is 16.7 Å². The van der Waals surface area contributed by atoms with E-state index >= 15 is 0 Å². The number of aromatic nitrogens is 2. The van der Waals surface area contributed by atoms with Crippen LogP contribution in [0, 0.1) is 0 Å². The van der Waals surface area contributed by atoms with Crippen molar-refractivity contribution in [2.45, 2.75) is 25.0 Å². The third-order valence-electron chi connectivity index (χ3n) is 4.11. The molecule has 11 heteroatoms. The maximum Gasteiger partial charge on any atom is 0.414 e. The molecule has 2 aromatic carbocycles. The van der Waals surface area contributed by atoms with Crippen molar-refractivity contribution < 1.29 is 24.5 Å². The Hall–Kier alpha value is -2.23. The van der Waals surface area contributed by atoms with Crippen molar-refractivity contribution in [3.8, 4) is 0 Å². The zero-order valence-electron chi connectivity index (χ0n) is 17.2. The van der Waals surface area contributed by atoms with Gasteiger partial charge in [-0.25, -0.2) is 14.6 Å². The average Bonchev–Trinajstić information content (AvgIpc) is 3.29. The number of thioether (sulfide) groups is 1. The maximum absolute atomic E-state index is 9.10. The van der Waals surface area contributed by atoms with E-state index in [0.717, 1.165) is 28.6 Å². The van der Waals surface area contributed by atoms with Crippen LogP contribution in [0.25, 0.3) is 0 Å². The van der Waals surface area contributed by atoms with Crippen LogP contribution in [-0.2, 0) is 33.2 Å². The van der Waals surface area contributed by atoms with Crippen molar-refractivity contribution in [3.63, 3.8) is 0 Å². The van der Waals surface area contributed by atoms with Crippen molar-refractivity contribution in [1.82, 2.24) is 9.55 Å². The number of nitrogens with zero attached hydrogens (tertiary/aromatic N) is 2. The molecule has 0 saturated carbocycles. The summed E-state index contributed by atoms with van der Waals surface area (Å²) in [4.78, 5) is 22.3. The van der Waals surface area contributed by atoms with Gasteiger partial charge >= 0.3 is 11.9 Å². The van der Waals surface area contributed by atoms with Crippen LogP contribution in [0.4, 0.5) is 0 Å². The molecule has 1 atom stereocenters. The summed E-state index contributed by atoms with van der Waals surface area (Å²) < 4.78 is 8.19. The number of hydrogen-bond donors (Lipinski definition) is 2. The van der Waals surface area contributed by atoms with Crippen LogP contribution in [0.1, 0.15) is 11.1 Å². The quantitative estimate of drug-likeness (QED) is 0.351. The topological polar surface area (TPSA) is 102 Å². The van der Waals surface area contributed by atoms with E-state index in [-0.39, 0.29) is 6.10 Å². The summed E-state index contributed by atoms with van der Waals surface area (Å²) in [7, 11) is 0. The molecule has 33 heavy (non-hydrogen) atoms. The molecule has 0 aliphatic rings. The van der Waals surface area contributed by atoms with Crippen molar-refractivity contribution in [2.24, 2.45) is 0 Å². The molecule has 1 heterocycles. The number of imidazole rings is 1. The molecule has 0 aliphatic heterocycles. The summed E-state index contributed by atoms with van der Waals surface area (Å²) in [6.07, 6.45) is 5.57. The molecule has 0 saturated heterocycles. The van der Waals surface area contributed by atoms with E-state index in [1.165, 1.54) is 5.56 Å². The summed E-state index contributed by atoms with van der Waals surface area (Å²) in [5.74, 6) is -1.87. The van der Waals surface area contributed by atoms with E-state index in [1.54, 1.807) is 18.6 Å². The van der Waals surface area contributed by atoms with E-state index in [2.05, 4.69) is 17.1 Å². The highest BCUT2D eigenvalue weighted by Gasteiger charge is 2.12. The summed E-state index contributed by atoms with van der Waals surface area (Å²) >= 11 is 19.9. The Balaban J connectivity index is 0.000000569. The molecule has 176 valence electrons. The Morgan fingerprint density at radius 2 is 1.67 bits per heavy atom. The first-order valence-electron chi connectivity index (χ1n) is 9.54. The van der Waals surface area contributed by atoms with Gasteiger partial charge in [0.05, 0.1) is 35.6 Å². The van der Waals surface area contributed by atoms with E-state index in [9.17, 15) is 0 Å². The number of rotatable bonds is 9. The lowest BCUT2D eigenvalue weighted by Gasteiger charge is -2.18. The SMILES string of the molecule is Clc1ccc(CSCC(Cn2ccnc2)OCc2ccc(Cl)c(Cl)c2)cc1.O=C(O)C(=O)O. The number of hydrogen-bond acceptors (Lipinski definition) is 5. The van der Waals surface area contributed by atoms with Gasteiger partial charge in [-0.15, -0.1) is 0 Å². The molecule has 3 rings (SSSR count). The first kappa shape index (κ1) is 27.0. The summed E-state index contributed by atoms with van der Waals surface area (Å²) in [5, 5.41) is 16.6. The lowest BCUT2D eigenvalue weighted by molar-refractivity contribution is -0.159. The van der Waals surface area contributed by atoms with Crippen molar-refractivity contribution in [3.05, 3.63) is 87.4 Å². The zero-order valence-corrected chi connectivity index (χ0v) is 20.3. The molecular formula is C22H21Cl3N2O5S. The molecule has 0 spiro atoms. The van der Waals surface area contributed by atoms with Gasteiger partial charge in [0.2, 0.25) is 0 Å². The van der Waals surface area contributed by atoms with Crippen LogP contribution >= 0.6 is 46.6 Å². The fraction of sp³-hybridized carbons (Fsp3) is 0.227. The van der Waals surface area contributed by atoms with Gasteiger partial charge in [-0.3, -0.25) is 0 Å². The first-order valence-corrected chi connectivity index (χ1v) is 11.8. The van der Waals surface area contributed by atoms with Gasteiger partial charge in [0.15, 0.2) is 0 Å². The highest BCUT2D eigenvalue weighted by Crippen LogP contribution is 2.24. The minimum absolute atomic E-state index is 0.0472. The Bertz CT molecular complexity index is 1020. The van der Waals surface area contributed by atoms with Crippen LogP contribution in [0.5, 0.6) is 0 Å². The number of carbonyl (C=O) groups is 2. The Labute approximate surface area is 210 Å². The summed E-state index contributed by atoms with van der Waals surface area (Å²) in [5.41, 5.74) is 2.25. The highest BCUT2D eigenvalue weighted by atomic mass is 35.5. The predicted molar refractivity (Wildman–Crippen MR) is 130 cm³/mol. The largest absolute Gasteiger partial charge is 0.473 e. The molecule has 0 fully saturated rings. The molecule has 2 N–H and O–H groups in total. The van der Waals surface area contributed by atoms with Crippen LogP contribution in [-0.4, -0.2) is 43.6 Å². The zero-order chi connectivity index (χ0) is 24.2. The van der Waals surface area contributed by atoms with Crippen LogP contribution in [0.2, 0.25) is 15.1 Å². The fourth-order valence-corrected chi connectivity index (χ4v) is 3.97. The minimum atomic E-state index is -1.82. The van der Waals surface area contributed by atoms with Crippen molar-refractivity contribution in [2.75, 3.05) is 5.75 Å². The predicted octanol–water partition coefficient (Wildman–Crippen LogP) is 5.52. The normalized spacial score (nSPS) is 11.4. The van der Waals surface area contributed by atoms with Gasteiger partial charge in [0.1, 0.15) is 0 Å². The van der Waals surface area contributed by atoms with Gasteiger partial charge in [-0.1, -0.05) is 53.0 Å². The molecule has 3 aromatic rings. The molecule has 1 aromatic heterocycles. The highest BCUT2D eigenvalue weighted by molar-refractivity contribution is 7.98.